The number of hydrogen-bond donors (Lipinski definition) is 1. The summed E-state index contributed by atoms with van der Waals surface area (Å²) in [4.78, 5) is 18.1. The third kappa shape index (κ3) is 2.76. The summed E-state index contributed by atoms with van der Waals surface area (Å²) in [7, 11) is 0. The van der Waals surface area contributed by atoms with Crippen LogP contribution >= 0.6 is 11.6 Å². The van der Waals surface area contributed by atoms with Gasteiger partial charge in [0.1, 0.15) is 5.15 Å². The van der Waals surface area contributed by atoms with Gasteiger partial charge in [-0.25, -0.2) is 4.98 Å². The van der Waals surface area contributed by atoms with Gasteiger partial charge < -0.3 is 10.0 Å². The van der Waals surface area contributed by atoms with Crippen molar-refractivity contribution < 1.29 is 9.90 Å². The molecule has 1 aliphatic carbocycles. The number of aliphatic hydroxyl groups is 1. The van der Waals surface area contributed by atoms with E-state index in [0.717, 1.165) is 12.8 Å². The van der Waals surface area contributed by atoms with Gasteiger partial charge in [-0.3, -0.25) is 4.79 Å². The molecule has 0 radical (unpaired) electrons. The van der Waals surface area contributed by atoms with Gasteiger partial charge in [0.05, 0.1) is 17.9 Å². The standard InChI is InChI=1S/C12H15ClN2O2/c1-8-10(4-5-11(13)14-8)12(17)15(6-7-16)9-2-3-9/h4-5,9,16H,2-3,6-7H2,1H3. The van der Waals surface area contributed by atoms with Crippen LogP contribution in [-0.2, 0) is 0 Å². The molecule has 1 aromatic heterocycles. The maximum absolute atomic E-state index is 12.3. The Kier molecular flexibility index (Phi) is 3.64. The van der Waals surface area contributed by atoms with Crippen LogP contribution in [0.5, 0.6) is 0 Å². The number of aliphatic hydroxyl groups excluding tert-OH is 1. The first kappa shape index (κ1) is 12.3. The number of carbonyl (C=O) groups excluding carboxylic acids is 1. The number of nitrogens with zero attached hydrogens (tertiary/aromatic N) is 2. The Morgan fingerprint density at radius 3 is 2.82 bits per heavy atom. The van der Waals surface area contributed by atoms with Gasteiger partial charge in [-0.15, -0.1) is 0 Å². The van der Waals surface area contributed by atoms with E-state index in [1.807, 2.05) is 0 Å². The zero-order valence-electron chi connectivity index (χ0n) is 9.69. The van der Waals surface area contributed by atoms with E-state index in [-0.39, 0.29) is 18.6 Å². The first-order valence-electron chi connectivity index (χ1n) is 5.68. The molecular weight excluding hydrogens is 240 g/mol. The highest BCUT2D eigenvalue weighted by Gasteiger charge is 2.33. The monoisotopic (exact) mass is 254 g/mol. The zero-order valence-corrected chi connectivity index (χ0v) is 10.4. The Bertz CT molecular complexity index is 433. The van der Waals surface area contributed by atoms with Crippen molar-refractivity contribution in [1.29, 1.82) is 0 Å². The Hall–Kier alpha value is -1.13. The van der Waals surface area contributed by atoms with Crippen molar-refractivity contribution >= 4 is 17.5 Å². The molecule has 0 spiro atoms. The van der Waals surface area contributed by atoms with Gasteiger partial charge in [-0.05, 0) is 31.9 Å². The van der Waals surface area contributed by atoms with Crippen LogP contribution in [0.1, 0.15) is 28.9 Å². The number of rotatable bonds is 4. The predicted octanol–water partition coefficient (Wildman–Crippen LogP) is 1.64. The summed E-state index contributed by atoms with van der Waals surface area (Å²) >= 11 is 5.76. The van der Waals surface area contributed by atoms with Crippen molar-refractivity contribution in [2.45, 2.75) is 25.8 Å². The van der Waals surface area contributed by atoms with Gasteiger partial charge in [0.2, 0.25) is 0 Å². The highest BCUT2D eigenvalue weighted by atomic mass is 35.5. The smallest absolute Gasteiger partial charge is 0.256 e. The molecule has 92 valence electrons. The molecule has 1 N–H and O–H groups in total. The average molecular weight is 255 g/mol. The first-order valence-corrected chi connectivity index (χ1v) is 6.06. The van der Waals surface area contributed by atoms with Gasteiger partial charge in [0.15, 0.2) is 0 Å². The number of hydrogen-bond acceptors (Lipinski definition) is 3. The van der Waals surface area contributed by atoms with Crippen molar-refractivity contribution in [3.63, 3.8) is 0 Å². The van der Waals surface area contributed by atoms with E-state index in [4.69, 9.17) is 16.7 Å². The van der Waals surface area contributed by atoms with Gasteiger partial charge in [0, 0.05) is 12.6 Å². The molecule has 1 saturated carbocycles. The fourth-order valence-electron chi connectivity index (χ4n) is 1.86. The Morgan fingerprint density at radius 2 is 2.29 bits per heavy atom. The minimum absolute atomic E-state index is 0.0116. The zero-order chi connectivity index (χ0) is 12.4. The lowest BCUT2D eigenvalue weighted by Crippen LogP contribution is -2.36. The molecular formula is C12H15ClN2O2. The highest BCUT2D eigenvalue weighted by molar-refractivity contribution is 6.29. The lowest BCUT2D eigenvalue weighted by Gasteiger charge is -2.22. The average Bonchev–Trinajstić information content (AvgIpc) is 3.09. The summed E-state index contributed by atoms with van der Waals surface area (Å²) in [5.74, 6) is -0.0665. The highest BCUT2D eigenvalue weighted by Crippen LogP contribution is 2.28. The maximum Gasteiger partial charge on any atom is 0.256 e. The normalized spacial score (nSPS) is 14.8. The maximum atomic E-state index is 12.3. The molecule has 1 fully saturated rings. The van der Waals surface area contributed by atoms with Crippen LogP contribution in [-0.4, -0.2) is 40.1 Å². The molecule has 0 atom stereocenters. The van der Waals surface area contributed by atoms with E-state index in [0.29, 0.717) is 23.0 Å². The molecule has 0 aromatic carbocycles. The second-order valence-corrected chi connectivity index (χ2v) is 4.61. The Morgan fingerprint density at radius 1 is 1.59 bits per heavy atom. The molecule has 1 amide bonds. The van der Waals surface area contributed by atoms with Crippen LogP contribution in [0.15, 0.2) is 12.1 Å². The number of aryl methyl sites for hydroxylation is 1. The number of pyridine rings is 1. The summed E-state index contributed by atoms with van der Waals surface area (Å²) in [5, 5.41) is 9.38. The quantitative estimate of drug-likeness (QED) is 0.831. The fraction of sp³-hybridized carbons (Fsp3) is 0.500. The summed E-state index contributed by atoms with van der Waals surface area (Å²) in [6.07, 6.45) is 2.04. The fourth-order valence-corrected chi connectivity index (χ4v) is 2.04. The number of aromatic nitrogens is 1. The Balaban J connectivity index is 2.22. The molecule has 17 heavy (non-hydrogen) atoms. The third-order valence-electron chi connectivity index (χ3n) is 2.87. The van der Waals surface area contributed by atoms with Crippen molar-refractivity contribution in [2.24, 2.45) is 0 Å². The molecule has 0 unspecified atom stereocenters. The van der Waals surface area contributed by atoms with E-state index in [2.05, 4.69) is 4.98 Å². The lowest BCUT2D eigenvalue weighted by atomic mass is 10.2. The summed E-state index contributed by atoms with van der Waals surface area (Å²) in [6, 6.07) is 3.59. The molecule has 4 nitrogen and oxygen atoms in total. The summed E-state index contributed by atoms with van der Waals surface area (Å²) < 4.78 is 0. The second kappa shape index (κ2) is 5.02. The number of halogens is 1. The van der Waals surface area contributed by atoms with Gasteiger partial charge in [-0.1, -0.05) is 11.6 Å². The third-order valence-corrected chi connectivity index (χ3v) is 3.08. The molecule has 1 aliphatic rings. The Labute approximate surface area is 105 Å². The van der Waals surface area contributed by atoms with Crippen molar-refractivity contribution in [3.05, 3.63) is 28.5 Å². The number of carbonyl (C=O) groups is 1. The van der Waals surface area contributed by atoms with Crippen molar-refractivity contribution in [1.82, 2.24) is 9.88 Å². The van der Waals surface area contributed by atoms with Crippen LogP contribution in [0.3, 0.4) is 0 Å². The minimum Gasteiger partial charge on any atom is -0.395 e. The van der Waals surface area contributed by atoms with E-state index in [9.17, 15) is 4.79 Å². The van der Waals surface area contributed by atoms with Crippen LogP contribution in [0.2, 0.25) is 5.15 Å². The molecule has 2 rings (SSSR count). The molecule has 0 bridgehead atoms. The molecule has 5 heteroatoms. The first-order chi connectivity index (χ1) is 8.13. The van der Waals surface area contributed by atoms with Crippen molar-refractivity contribution in [2.75, 3.05) is 13.2 Å². The molecule has 0 saturated heterocycles. The van der Waals surface area contributed by atoms with E-state index >= 15 is 0 Å². The van der Waals surface area contributed by atoms with Crippen molar-refractivity contribution in [3.8, 4) is 0 Å². The lowest BCUT2D eigenvalue weighted by molar-refractivity contribution is 0.0706. The van der Waals surface area contributed by atoms with E-state index in [1.54, 1.807) is 24.0 Å². The molecule has 0 aliphatic heterocycles. The van der Waals surface area contributed by atoms with E-state index < -0.39 is 0 Å². The summed E-state index contributed by atoms with van der Waals surface area (Å²) in [5.41, 5.74) is 1.20. The van der Waals surface area contributed by atoms with Crippen LogP contribution in [0, 0.1) is 6.92 Å². The van der Waals surface area contributed by atoms with Gasteiger partial charge in [-0.2, -0.15) is 0 Å². The molecule has 1 aromatic rings. The van der Waals surface area contributed by atoms with Crippen LogP contribution in [0.4, 0.5) is 0 Å². The minimum atomic E-state index is -0.0665. The second-order valence-electron chi connectivity index (χ2n) is 4.22. The summed E-state index contributed by atoms with van der Waals surface area (Å²) in [6.45, 7) is 2.14. The predicted molar refractivity (Wildman–Crippen MR) is 65.1 cm³/mol. The number of amides is 1. The SMILES string of the molecule is Cc1nc(Cl)ccc1C(=O)N(CCO)C1CC1. The van der Waals surface area contributed by atoms with Crippen LogP contribution in [0.25, 0.3) is 0 Å². The van der Waals surface area contributed by atoms with Gasteiger partial charge in [0.25, 0.3) is 5.91 Å². The topological polar surface area (TPSA) is 53.4 Å². The van der Waals surface area contributed by atoms with Crippen LogP contribution < -0.4 is 0 Å². The van der Waals surface area contributed by atoms with Gasteiger partial charge >= 0.3 is 0 Å². The molecule has 1 heterocycles. The van der Waals surface area contributed by atoms with E-state index in [1.165, 1.54) is 0 Å². The largest absolute Gasteiger partial charge is 0.395 e.